The van der Waals surface area contributed by atoms with Crippen LogP contribution in [0.1, 0.15) is 11.3 Å². The normalized spacial score (nSPS) is 13.0. The van der Waals surface area contributed by atoms with E-state index in [0.717, 1.165) is 35.5 Å². The van der Waals surface area contributed by atoms with Crippen molar-refractivity contribution in [1.29, 1.82) is 0 Å². The van der Waals surface area contributed by atoms with Gasteiger partial charge in [-0.25, -0.2) is 4.98 Å². The number of fused-ring (bicyclic) bond motifs is 2. The topological polar surface area (TPSA) is 35.0 Å². The molecule has 20 heavy (non-hydrogen) atoms. The summed E-state index contributed by atoms with van der Waals surface area (Å²) in [5.74, 6) is 1.53. The fraction of sp³-hybridized carbons (Fsp3) is 0.125. The van der Waals surface area contributed by atoms with Crippen LogP contribution in [0.15, 0.2) is 47.3 Å². The third-order valence-electron chi connectivity index (χ3n) is 3.44. The lowest BCUT2D eigenvalue weighted by Crippen LogP contribution is -1.97. The lowest BCUT2D eigenvalue weighted by atomic mass is 10.1. The molecule has 0 N–H and O–H groups in total. The number of ether oxygens (including phenoxy) is 1. The molecule has 0 saturated carbocycles. The number of hydrogen-bond acceptors (Lipinski definition) is 4. The molecule has 1 aliphatic heterocycles. The maximum Gasteiger partial charge on any atom is 0.241 e. The molecule has 3 heterocycles. The summed E-state index contributed by atoms with van der Waals surface area (Å²) in [6.07, 6.45) is 3.64. The van der Waals surface area contributed by atoms with Crippen molar-refractivity contribution in [2.24, 2.45) is 0 Å². The summed E-state index contributed by atoms with van der Waals surface area (Å²) in [6, 6.07) is 10.2. The quantitative estimate of drug-likeness (QED) is 0.673. The van der Waals surface area contributed by atoms with Crippen LogP contribution in [0.2, 0.25) is 0 Å². The van der Waals surface area contributed by atoms with Crippen molar-refractivity contribution in [3.63, 3.8) is 0 Å². The van der Waals surface area contributed by atoms with Gasteiger partial charge in [0.25, 0.3) is 0 Å². The smallest absolute Gasteiger partial charge is 0.241 e. The Balaban J connectivity index is 1.79. The monoisotopic (exact) mass is 280 g/mol. The number of para-hydroxylation sites is 1. The van der Waals surface area contributed by atoms with Crippen LogP contribution in [-0.4, -0.2) is 9.97 Å². The summed E-state index contributed by atoms with van der Waals surface area (Å²) in [4.78, 5) is 9.17. The maximum atomic E-state index is 5.97. The van der Waals surface area contributed by atoms with Gasteiger partial charge in [-0.3, -0.25) is 4.98 Å². The zero-order valence-electron chi connectivity index (χ0n) is 10.7. The first-order valence-electron chi connectivity index (χ1n) is 6.54. The van der Waals surface area contributed by atoms with Crippen LogP contribution >= 0.6 is 11.3 Å². The van der Waals surface area contributed by atoms with Gasteiger partial charge in [0, 0.05) is 10.9 Å². The lowest BCUT2D eigenvalue weighted by Gasteiger charge is -2.08. The molecule has 0 unspecified atom stereocenters. The highest BCUT2D eigenvalue weighted by molar-refractivity contribution is 7.08. The van der Waals surface area contributed by atoms with E-state index in [2.05, 4.69) is 21.4 Å². The Morgan fingerprint density at radius 2 is 2.05 bits per heavy atom. The van der Waals surface area contributed by atoms with E-state index in [0.29, 0.717) is 5.88 Å². The minimum absolute atomic E-state index is 0.638. The van der Waals surface area contributed by atoms with Gasteiger partial charge in [-0.1, -0.05) is 18.2 Å². The molecule has 0 atom stereocenters. The van der Waals surface area contributed by atoms with Crippen LogP contribution < -0.4 is 4.74 Å². The van der Waals surface area contributed by atoms with Crippen LogP contribution in [0.25, 0.3) is 11.3 Å². The molecular weight excluding hydrogens is 268 g/mol. The SMILES string of the molecule is c1ccc2c(c1)CCc1ncc(-c3ccsc3)nc1O2. The number of hydrogen-bond donors (Lipinski definition) is 0. The molecule has 3 aromatic rings. The zero-order chi connectivity index (χ0) is 13.4. The van der Waals surface area contributed by atoms with Gasteiger partial charge in [0.1, 0.15) is 11.4 Å². The van der Waals surface area contributed by atoms with Gasteiger partial charge in [0.2, 0.25) is 5.88 Å². The summed E-state index contributed by atoms with van der Waals surface area (Å²) in [5.41, 5.74) is 4.10. The fourth-order valence-corrected chi connectivity index (χ4v) is 3.02. The molecule has 0 saturated heterocycles. The molecule has 2 aromatic heterocycles. The summed E-state index contributed by atoms with van der Waals surface area (Å²) in [5, 5.41) is 4.11. The lowest BCUT2D eigenvalue weighted by molar-refractivity contribution is 0.457. The second kappa shape index (κ2) is 4.72. The fourth-order valence-electron chi connectivity index (χ4n) is 2.37. The second-order valence-electron chi connectivity index (χ2n) is 4.73. The van der Waals surface area contributed by atoms with Crippen molar-refractivity contribution < 1.29 is 4.74 Å². The molecule has 0 fully saturated rings. The van der Waals surface area contributed by atoms with E-state index in [9.17, 15) is 0 Å². The average molecular weight is 280 g/mol. The zero-order valence-corrected chi connectivity index (χ0v) is 11.6. The van der Waals surface area contributed by atoms with Gasteiger partial charge < -0.3 is 4.74 Å². The summed E-state index contributed by atoms with van der Waals surface area (Å²) in [6.45, 7) is 0. The Morgan fingerprint density at radius 1 is 1.10 bits per heavy atom. The third-order valence-corrected chi connectivity index (χ3v) is 4.12. The van der Waals surface area contributed by atoms with Gasteiger partial charge >= 0.3 is 0 Å². The maximum absolute atomic E-state index is 5.97. The molecule has 0 radical (unpaired) electrons. The molecule has 4 heteroatoms. The predicted molar refractivity (Wildman–Crippen MR) is 79.3 cm³/mol. The third kappa shape index (κ3) is 1.98. The van der Waals surface area contributed by atoms with E-state index in [1.165, 1.54) is 5.56 Å². The van der Waals surface area contributed by atoms with Gasteiger partial charge in [-0.15, -0.1) is 0 Å². The van der Waals surface area contributed by atoms with Crippen molar-refractivity contribution >= 4 is 11.3 Å². The second-order valence-corrected chi connectivity index (χ2v) is 5.51. The molecular formula is C16H12N2OS. The van der Waals surface area contributed by atoms with E-state index in [-0.39, 0.29) is 0 Å². The Bertz CT molecular complexity index is 753. The Labute approximate surface area is 120 Å². The minimum atomic E-state index is 0.638. The Hall–Kier alpha value is -2.20. The van der Waals surface area contributed by atoms with Gasteiger partial charge in [0.05, 0.1) is 11.9 Å². The van der Waals surface area contributed by atoms with Gasteiger partial charge in [-0.2, -0.15) is 11.3 Å². The van der Waals surface area contributed by atoms with Gasteiger partial charge in [0.15, 0.2) is 0 Å². The molecule has 0 spiro atoms. The van der Waals surface area contributed by atoms with Gasteiger partial charge in [-0.05, 0) is 35.9 Å². The number of benzene rings is 1. The highest BCUT2D eigenvalue weighted by Gasteiger charge is 2.17. The Morgan fingerprint density at radius 3 is 2.95 bits per heavy atom. The minimum Gasteiger partial charge on any atom is -0.437 e. The van der Waals surface area contributed by atoms with Crippen LogP contribution in [-0.2, 0) is 12.8 Å². The first kappa shape index (κ1) is 11.6. The van der Waals surface area contributed by atoms with Crippen LogP contribution in [0.5, 0.6) is 11.6 Å². The largest absolute Gasteiger partial charge is 0.437 e. The molecule has 0 bridgehead atoms. The van der Waals surface area contributed by atoms with Crippen LogP contribution in [0, 0.1) is 0 Å². The van der Waals surface area contributed by atoms with E-state index in [1.807, 2.05) is 35.8 Å². The molecule has 1 aliphatic rings. The van der Waals surface area contributed by atoms with Crippen molar-refractivity contribution in [3.8, 4) is 22.9 Å². The van der Waals surface area contributed by atoms with E-state index < -0.39 is 0 Å². The standard InChI is InChI=1S/C16H12N2OS/c1-2-4-15-11(3-1)5-6-13-16(19-15)18-14(9-17-13)12-7-8-20-10-12/h1-4,7-10H,5-6H2. The Kier molecular flexibility index (Phi) is 2.74. The highest BCUT2D eigenvalue weighted by Crippen LogP contribution is 2.32. The number of nitrogens with zero attached hydrogens (tertiary/aromatic N) is 2. The predicted octanol–water partition coefficient (Wildman–Crippen LogP) is 4.10. The summed E-state index contributed by atoms with van der Waals surface area (Å²) < 4.78 is 5.97. The van der Waals surface area contributed by atoms with E-state index in [1.54, 1.807) is 11.3 Å². The molecule has 3 nitrogen and oxygen atoms in total. The number of thiophene rings is 1. The van der Waals surface area contributed by atoms with Crippen molar-refractivity contribution in [3.05, 3.63) is 58.5 Å². The van der Waals surface area contributed by atoms with Crippen molar-refractivity contribution in [1.82, 2.24) is 9.97 Å². The number of rotatable bonds is 1. The van der Waals surface area contributed by atoms with Crippen LogP contribution in [0.4, 0.5) is 0 Å². The summed E-state index contributed by atoms with van der Waals surface area (Å²) >= 11 is 1.66. The van der Waals surface area contributed by atoms with E-state index >= 15 is 0 Å². The summed E-state index contributed by atoms with van der Waals surface area (Å²) in [7, 11) is 0. The van der Waals surface area contributed by atoms with Crippen LogP contribution in [0.3, 0.4) is 0 Å². The number of aromatic nitrogens is 2. The number of aryl methyl sites for hydroxylation is 2. The van der Waals surface area contributed by atoms with Crippen molar-refractivity contribution in [2.45, 2.75) is 12.8 Å². The van der Waals surface area contributed by atoms with E-state index in [4.69, 9.17) is 4.74 Å². The highest BCUT2D eigenvalue weighted by atomic mass is 32.1. The van der Waals surface area contributed by atoms with Crippen molar-refractivity contribution in [2.75, 3.05) is 0 Å². The molecule has 0 aliphatic carbocycles. The molecule has 1 aromatic carbocycles. The first-order valence-corrected chi connectivity index (χ1v) is 7.49. The molecule has 0 amide bonds. The molecule has 98 valence electrons. The molecule has 4 rings (SSSR count). The first-order chi connectivity index (χ1) is 9.90. The average Bonchev–Trinajstić information content (AvgIpc) is 2.95.